The number of nitrogens with zero attached hydrogens (tertiary/aromatic N) is 1. The summed E-state index contributed by atoms with van der Waals surface area (Å²) in [6.07, 6.45) is 0. The van der Waals surface area contributed by atoms with Gasteiger partial charge in [-0.25, -0.2) is 0 Å². The van der Waals surface area contributed by atoms with E-state index in [-0.39, 0.29) is 0 Å². The molecule has 0 saturated carbocycles. The molecule has 2 nitrogen and oxygen atoms in total. The Bertz CT molecular complexity index is 2560. The summed E-state index contributed by atoms with van der Waals surface area (Å²) in [5.74, 6) is 0. The first-order chi connectivity index (χ1) is 23.8. The van der Waals surface area contributed by atoms with Crippen LogP contribution in [0, 0.1) is 0 Å². The maximum Gasteiger partial charge on any atom is 0.135 e. The molecule has 0 aliphatic heterocycles. The monoisotopic (exact) mass is 613 g/mol. The number of hydrogen-bond donors (Lipinski definition) is 0. The highest BCUT2D eigenvalue weighted by Gasteiger charge is 2.18. The average molecular weight is 614 g/mol. The zero-order valence-corrected chi connectivity index (χ0v) is 26.3. The highest BCUT2D eigenvalue weighted by atomic mass is 16.3. The van der Waals surface area contributed by atoms with Crippen molar-refractivity contribution < 1.29 is 4.42 Å². The lowest BCUT2D eigenvalue weighted by atomic mass is 9.96. The van der Waals surface area contributed by atoms with E-state index in [0.717, 1.165) is 50.1 Å². The minimum Gasteiger partial charge on any atom is -0.456 e. The highest BCUT2D eigenvalue weighted by Crippen LogP contribution is 2.43. The summed E-state index contributed by atoms with van der Waals surface area (Å²) in [6, 6.07) is 67.0. The van der Waals surface area contributed by atoms with E-state index in [1.54, 1.807) is 0 Å². The smallest absolute Gasteiger partial charge is 0.135 e. The van der Waals surface area contributed by atoms with Crippen LogP contribution in [-0.2, 0) is 0 Å². The van der Waals surface area contributed by atoms with Crippen LogP contribution in [0.1, 0.15) is 0 Å². The van der Waals surface area contributed by atoms with Crippen LogP contribution in [0.25, 0.3) is 66.1 Å². The lowest BCUT2D eigenvalue weighted by Crippen LogP contribution is -2.11. The van der Waals surface area contributed by atoms with Crippen molar-refractivity contribution in [2.24, 2.45) is 0 Å². The van der Waals surface area contributed by atoms with E-state index < -0.39 is 0 Å². The minimum atomic E-state index is 0.900. The Morgan fingerprint density at radius 2 is 0.958 bits per heavy atom. The molecule has 0 unspecified atom stereocenters. The van der Waals surface area contributed by atoms with Gasteiger partial charge in [-0.15, -0.1) is 0 Å². The minimum absolute atomic E-state index is 0.900. The molecule has 1 aromatic heterocycles. The van der Waals surface area contributed by atoms with E-state index in [9.17, 15) is 0 Å². The van der Waals surface area contributed by atoms with Crippen molar-refractivity contribution in [1.82, 2.24) is 0 Å². The van der Waals surface area contributed by atoms with Crippen LogP contribution in [0.5, 0.6) is 0 Å². The summed E-state index contributed by atoms with van der Waals surface area (Å²) < 4.78 is 6.16. The molecule has 0 spiro atoms. The molecule has 0 amide bonds. The SMILES string of the molecule is c1ccc(N(c2cccc(-c3ccc(-c4cccc5ccccc45)cc3)c2)c2ccccc2-c2ccc3oc4ccccc4c3c2)cc1. The normalized spacial score (nSPS) is 11.3. The van der Waals surface area contributed by atoms with Gasteiger partial charge in [0, 0.05) is 27.7 Å². The maximum atomic E-state index is 6.16. The molecule has 0 aliphatic rings. The predicted octanol–water partition coefficient (Wildman–Crippen LogP) is 13.2. The average Bonchev–Trinajstić information content (AvgIpc) is 3.54. The molecule has 0 radical (unpaired) electrons. The van der Waals surface area contributed by atoms with Crippen molar-refractivity contribution >= 4 is 49.8 Å². The van der Waals surface area contributed by atoms with Gasteiger partial charge in [-0.3, -0.25) is 0 Å². The lowest BCUT2D eigenvalue weighted by molar-refractivity contribution is 0.669. The molecule has 0 bridgehead atoms. The van der Waals surface area contributed by atoms with Gasteiger partial charge < -0.3 is 9.32 Å². The second-order valence-corrected chi connectivity index (χ2v) is 12.2. The number of rotatable bonds is 6. The molecule has 0 atom stereocenters. The topological polar surface area (TPSA) is 16.4 Å². The number of anilines is 3. The number of hydrogen-bond acceptors (Lipinski definition) is 2. The summed E-state index contributed by atoms with van der Waals surface area (Å²) >= 11 is 0. The summed E-state index contributed by atoms with van der Waals surface area (Å²) in [7, 11) is 0. The first-order valence-electron chi connectivity index (χ1n) is 16.3. The first-order valence-corrected chi connectivity index (χ1v) is 16.3. The fourth-order valence-electron chi connectivity index (χ4n) is 6.95. The second-order valence-electron chi connectivity index (χ2n) is 12.2. The lowest BCUT2D eigenvalue weighted by Gasteiger charge is -2.28. The molecule has 0 saturated heterocycles. The Morgan fingerprint density at radius 1 is 0.333 bits per heavy atom. The molecule has 226 valence electrons. The molecule has 0 aliphatic carbocycles. The van der Waals surface area contributed by atoms with E-state index >= 15 is 0 Å². The Hall–Kier alpha value is -6.38. The number of para-hydroxylation sites is 3. The fraction of sp³-hybridized carbons (Fsp3) is 0. The molecule has 9 rings (SSSR count). The Balaban J connectivity index is 1.14. The largest absolute Gasteiger partial charge is 0.456 e. The molecule has 8 aromatic carbocycles. The number of benzene rings is 8. The van der Waals surface area contributed by atoms with Gasteiger partial charge in [0.15, 0.2) is 0 Å². The van der Waals surface area contributed by atoms with Gasteiger partial charge in [0.2, 0.25) is 0 Å². The van der Waals surface area contributed by atoms with Crippen LogP contribution in [0.4, 0.5) is 17.1 Å². The summed E-state index contributed by atoms with van der Waals surface area (Å²) in [4.78, 5) is 2.36. The quantitative estimate of drug-likeness (QED) is 0.185. The van der Waals surface area contributed by atoms with Gasteiger partial charge >= 0.3 is 0 Å². The van der Waals surface area contributed by atoms with E-state index in [4.69, 9.17) is 4.42 Å². The summed E-state index contributed by atoms with van der Waals surface area (Å²) in [5.41, 5.74) is 12.2. The van der Waals surface area contributed by atoms with Gasteiger partial charge in [-0.05, 0) is 87.1 Å². The van der Waals surface area contributed by atoms with Crippen molar-refractivity contribution in [3.05, 3.63) is 188 Å². The fourth-order valence-corrected chi connectivity index (χ4v) is 6.95. The van der Waals surface area contributed by atoms with E-state index in [0.29, 0.717) is 0 Å². The van der Waals surface area contributed by atoms with E-state index in [2.05, 4.69) is 181 Å². The van der Waals surface area contributed by atoms with Crippen LogP contribution in [-0.4, -0.2) is 0 Å². The molecule has 2 heteroatoms. The third kappa shape index (κ3) is 4.92. The Morgan fingerprint density at radius 3 is 1.85 bits per heavy atom. The van der Waals surface area contributed by atoms with Crippen molar-refractivity contribution in [2.45, 2.75) is 0 Å². The molecular weight excluding hydrogens is 583 g/mol. The highest BCUT2D eigenvalue weighted by molar-refractivity contribution is 6.07. The number of fused-ring (bicyclic) bond motifs is 4. The molecular formula is C46H31NO. The van der Waals surface area contributed by atoms with Gasteiger partial charge in [0.1, 0.15) is 11.2 Å². The van der Waals surface area contributed by atoms with Gasteiger partial charge in [-0.1, -0.05) is 140 Å². The van der Waals surface area contributed by atoms with Gasteiger partial charge in [-0.2, -0.15) is 0 Å². The molecule has 48 heavy (non-hydrogen) atoms. The van der Waals surface area contributed by atoms with E-state index in [1.165, 1.54) is 33.0 Å². The van der Waals surface area contributed by atoms with Crippen LogP contribution in [0.15, 0.2) is 192 Å². The summed E-state index contributed by atoms with van der Waals surface area (Å²) in [6.45, 7) is 0. The molecule has 9 aromatic rings. The standard InChI is InChI=1S/C46H31NO/c1-2-15-37(16-3-1)47(44-22-8-6-19-41(44)36-28-29-46-43(31-36)42-20-7-9-23-45(42)48-46)38-17-10-14-35(30-38)32-24-26-34(27-25-32)40-21-11-13-33-12-4-5-18-39(33)40/h1-31H. The number of furan rings is 1. The van der Waals surface area contributed by atoms with E-state index in [1.807, 2.05) is 12.1 Å². The maximum absolute atomic E-state index is 6.16. The van der Waals surface area contributed by atoms with Crippen molar-refractivity contribution in [2.75, 3.05) is 4.90 Å². The van der Waals surface area contributed by atoms with Crippen molar-refractivity contribution in [3.8, 4) is 33.4 Å². The van der Waals surface area contributed by atoms with Gasteiger partial charge in [0.05, 0.1) is 5.69 Å². The second kappa shape index (κ2) is 11.8. The van der Waals surface area contributed by atoms with Crippen LogP contribution in [0.2, 0.25) is 0 Å². The first kappa shape index (κ1) is 27.9. The third-order valence-corrected chi connectivity index (χ3v) is 9.27. The Kier molecular flexibility index (Phi) is 6.84. The summed E-state index contributed by atoms with van der Waals surface area (Å²) in [5, 5.41) is 4.78. The van der Waals surface area contributed by atoms with Crippen LogP contribution >= 0.6 is 0 Å². The molecule has 1 heterocycles. The zero-order chi connectivity index (χ0) is 31.9. The van der Waals surface area contributed by atoms with Crippen LogP contribution in [0.3, 0.4) is 0 Å². The molecule has 0 fully saturated rings. The van der Waals surface area contributed by atoms with Crippen LogP contribution < -0.4 is 4.90 Å². The third-order valence-electron chi connectivity index (χ3n) is 9.27. The Labute approximate surface area is 279 Å². The predicted molar refractivity (Wildman–Crippen MR) is 202 cm³/mol. The van der Waals surface area contributed by atoms with Gasteiger partial charge in [0.25, 0.3) is 0 Å². The molecule has 0 N–H and O–H groups in total. The zero-order valence-electron chi connectivity index (χ0n) is 26.3. The van der Waals surface area contributed by atoms with Crippen molar-refractivity contribution in [1.29, 1.82) is 0 Å². The van der Waals surface area contributed by atoms with Crippen molar-refractivity contribution in [3.63, 3.8) is 0 Å².